The van der Waals surface area contributed by atoms with Crippen molar-refractivity contribution in [2.75, 3.05) is 45.5 Å². The van der Waals surface area contributed by atoms with Crippen molar-refractivity contribution in [3.63, 3.8) is 0 Å². The molecule has 0 aromatic carbocycles. The van der Waals surface area contributed by atoms with Crippen LogP contribution in [-0.4, -0.2) is 70.8 Å². The normalized spacial score (nSPS) is 20.3. The van der Waals surface area contributed by atoms with Gasteiger partial charge in [-0.25, -0.2) is 13.1 Å². The number of guanidine groups is 1. The van der Waals surface area contributed by atoms with Crippen molar-refractivity contribution in [2.45, 2.75) is 39.2 Å². The van der Waals surface area contributed by atoms with Crippen molar-refractivity contribution in [1.29, 1.82) is 0 Å². The molecule has 1 saturated heterocycles. The standard InChI is InChI=1S/C14H31N5O2S/c1-4-19-11-6-8-13(19)12-17-14(15-3)16-9-7-10-18-22(20,21)5-2/h13,18H,4-12H2,1-3H3,(H2,15,16,17). The SMILES string of the molecule is CCN1CCCC1CNC(=NC)NCCCNS(=O)(=O)CC. The number of nitrogens with one attached hydrogen (secondary N) is 3. The molecule has 8 heteroatoms. The highest BCUT2D eigenvalue weighted by molar-refractivity contribution is 7.89. The highest BCUT2D eigenvalue weighted by Crippen LogP contribution is 2.15. The quantitative estimate of drug-likeness (QED) is 0.313. The van der Waals surface area contributed by atoms with Crippen LogP contribution in [0.2, 0.25) is 0 Å². The van der Waals surface area contributed by atoms with Crippen LogP contribution in [0, 0.1) is 0 Å². The molecule has 1 aliphatic rings. The van der Waals surface area contributed by atoms with Gasteiger partial charge in [-0.3, -0.25) is 9.89 Å². The molecule has 7 nitrogen and oxygen atoms in total. The molecule has 0 saturated carbocycles. The van der Waals surface area contributed by atoms with E-state index in [9.17, 15) is 8.42 Å². The van der Waals surface area contributed by atoms with Crippen LogP contribution in [0.5, 0.6) is 0 Å². The first-order valence-corrected chi connectivity index (χ1v) is 9.83. The topological polar surface area (TPSA) is 85.8 Å². The molecule has 3 N–H and O–H groups in total. The van der Waals surface area contributed by atoms with E-state index in [-0.39, 0.29) is 5.75 Å². The molecule has 0 spiro atoms. The average Bonchev–Trinajstić information content (AvgIpc) is 2.97. The van der Waals surface area contributed by atoms with Gasteiger partial charge < -0.3 is 10.6 Å². The van der Waals surface area contributed by atoms with Crippen molar-refractivity contribution < 1.29 is 8.42 Å². The van der Waals surface area contributed by atoms with Gasteiger partial charge in [0, 0.05) is 32.7 Å². The lowest BCUT2D eigenvalue weighted by molar-refractivity contribution is 0.267. The molecule has 0 amide bonds. The van der Waals surface area contributed by atoms with Crippen molar-refractivity contribution in [3.8, 4) is 0 Å². The maximum atomic E-state index is 11.3. The van der Waals surface area contributed by atoms with Gasteiger partial charge in [-0.1, -0.05) is 6.92 Å². The fourth-order valence-electron chi connectivity index (χ4n) is 2.60. The Morgan fingerprint density at radius 3 is 2.68 bits per heavy atom. The van der Waals surface area contributed by atoms with Crippen molar-refractivity contribution >= 4 is 16.0 Å². The van der Waals surface area contributed by atoms with E-state index in [1.54, 1.807) is 14.0 Å². The third-order valence-electron chi connectivity index (χ3n) is 3.98. The zero-order valence-corrected chi connectivity index (χ0v) is 14.9. The van der Waals surface area contributed by atoms with E-state index in [1.807, 2.05) is 0 Å². The number of hydrogen-bond donors (Lipinski definition) is 3. The molecule has 0 aromatic heterocycles. The van der Waals surface area contributed by atoms with E-state index in [1.165, 1.54) is 19.4 Å². The van der Waals surface area contributed by atoms with Gasteiger partial charge in [0.1, 0.15) is 0 Å². The smallest absolute Gasteiger partial charge is 0.211 e. The number of likely N-dealkylation sites (tertiary alicyclic amines) is 1. The van der Waals surface area contributed by atoms with Gasteiger partial charge in [0.25, 0.3) is 0 Å². The molecule has 1 atom stereocenters. The van der Waals surface area contributed by atoms with E-state index < -0.39 is 10.0 Å². The zero-order valence-electron chi connectivity index (χ0n) is 14.1. The van der Waals surface area contributed by atoms with E-state index in [0.717, 1.165) is 25.5 Å². The summed E-state index contributed by atoms with van der Waals surface area (Å²) in [7, 11) is -1.33. The van der Waals surface area contributed by atoms with Gasteiger partial charge in [0.05, 0.1) is 5.75 Å². The summed E-state index contributed by atoms with van der Waals surface area (Å²) in [5.74, 6) is 0.903. The number of likely N-dealkylation sites (N-methyl/N-ethyl adjacent to an activating group) is 1. The molecule has 1 heterocycles. The summed E-state index contributed by atoms with van der Waals surface area (Å²) >= 11 is 0. The first-order valence-electron chi connectivity index (χ1n) is 8.18. The number of nitrogens with zero attached hydrogens (tertiary/aromatic N) is 2. The fraction of sp³-hybridized carbons (Fsp3) is 0.929. The minimum Gasteiger partial charge on any atom is -0.356 e. The lowest BCUT2D eigenvalue weighted by Crippen LogP contribution is -2.45. The van der Waals surface area contributed by atoms with Crippen LogP contribution in [-0.2, 0) is 10.0 Å². The van der Waals surface area contributed by atoms with E-state index in [4.69, 9.17) is 0 Å². The molecule has 0 aliphatic carbocycles. The van der Waals surface area contributed by atoms with Crippen LogP contribution in [0.15, 0.2) is 4.99 Å². The summed E-state index contributed by atoms with van der Waals surface area (Å²) in [6.45, 7) is 8.15. The van der Waals surface area contributed by atoms with Gasteiger partial charge >= 0.3 is 0 Å². The Hall–Kier alpha value is -0.860. The summed E-state index contributed by atoms with van der Waals surface area (Å²) < 4.78 is 25.1. The van der Waals surface area contributed by atoms with Gasteiger partial charge in [-0.2, -0.15) is 0 Å². The lowest BCUT2D eigenvalue weighted by Gasteiger charge is -2.24. The third kappa shape index (κ3) is 6.93. The Morgan fingerprint density at radius 1 is 1.27 bits per heavy atom. The largest absolute Gasteiger partial charge is 0.356 e. The molecule has 1 aliphatic heterocycles. The van der Waals surface area contributed by atoms with Gasteiger partial charge in [0.2, 0.25) is 10.0 Å². The second-order valence-electron chi connectivity index (χ2n) is 5.46. The molecule has 1 unspecified atom stereocenters. The maximum Gasteiger partial charge on any atom is 0.211 e. The summed E-state index contributed by atoms with van der Waals surface area (Å²) in [5.41, 5.74) is 0. The summed E-state index contributed by atoms with van der Waals surface area (Å²) in [6, 6.07) is 0.583. The van der Waals surface area contributed by atoms with Gasteiger partial charge in [-0.15, -0.1) is 0 Å². The molecule has 0 bridgehead atoms. The summed E-state index contributed by atoms with van der Waals surface area (Å²) in [4.78, 5) is 6.69. The minimum absolute atomic E-state index is 0.124. The summed E-state index contributed by atoms with van der Waals surface area (Å²) in [5, 5.41) is 6.57. The highest BCUT2D eigenvalue weighted by atomic mass is 32.2. The molecule has 0 aromatic rings. The molecule has 0 radical (unpaired) electrons. The van der Waals surface area contributed by atoms with Crippen molar-refractivity contribution in [2.24, 2.45) is 4.99 Å². The van der Waals surface area contributed by atoms with Crippen LogP contribution >= 0.6 is 0 Å². The monoisotopic (exact) mass is 333 g/mol. The first-order chi connectivity index (χ1) is 10.5. The van der Waals surface area contributed by atoms with Crippen molar-refractivity contribution in [1.82, 2.24) is 20.3 Å². The van der Waals surface area contributed by atoms with Crippen molar-refractivity contribution in [3.05, 3.63) is 0 Å². The van der Waals surface area contributed by atoms with Crippen LogP contribution in [0.25, 0.3) is 0 Å². The number of sulfonamides is 1. The minimum atomic E-state index is -3.09. The molecular weight excluding hydrogens is 302 g/mol. The van der Waals surface area contributed by atoms with E-state index in [2.05, 4.69) is 32.2 Å². The average molecular weight is 334 g/mol. The number of hydrogen-bond acceptors (Lipinski definition) is 4. The molecule has 1 rings (SSSR count). The van der Waals surface area contributed by atoms with Crippen LogP contribution in [0.1, 0.15) is 33.1 Å². The van der Waals surface area contributed by atoms with Gasteiger partial charge in [-0.05, 0) is 39.3 Å². The number of aliphatic imine (C=N–C) groups is 1. The van der Waals surface area contributed by atoms with Gasteiger partial charge in [0.15, 0.2) is 5.96 Å². The highest BCUT2D eigenvalue weighted by Gasteiger charge is 2.22. The van der Waals surface area contributed by atoms with Crippen LogP contribution < -0.4 is 15.4 Å². The predicted molar refractivity (Wildman–Crippen MR) is 91.7 cm³/mol. The molecule has 1 fully saturated rings. The Kier molecular flexibility index (Phi) is 8.74. The van der Waals surface area contributed by atoms with Crippen LogP contribution in [0.3, 0.4) is 0 Å². The lowest BCUT2D eigenvalue weighted by atomic mass is 10.2. The Labute approximate surface area is 135 Å². The Bertz CT molecular complexity index is 439. The third-order valence-corrected chi connectivity index (χ3v) is 5.39. The Morgan fingerprint density at radius 2 is 2.05 bits per heavy atom. The fourth-order valence-corrected chi connectivity index (χ4v) is 3.26. The Balaban J connectivity index is 2.18. The zero-order chi connectivity index (χ0) is 16.4. The second kappa shape index (κ2) is 10.0. The van der Waals surface area contributed by atoms with E-state index in [0.29, 0.717) is 19.1 Å². The van der Waals surface area contributed by atoms with Crippen LogP contribution in [0.4, 0.5) is 0 Å². The van der Waals surface area contributed by atoms with E-state index >= 15 is 0 Å². The second-order valence-corrected chi connectivity index (χ2v) is 7.55. The first kappa shape index (κ1) is 19.2. The predicted octanol–water partition coefficient (Wildman–Crippen LogP) is -0.0349. The number of rotatable bonds is 9. The summed E-state index contributed by atoms with van der Waals surface area (Å²) in [6.07, 6.45) is 3.23. The molecular formula is C14H31N5O2S. The molecule has 130 valence electrons. The maximum absolute atomic E-state index is 11.3. The molecule has 22 heavy (non-hydrogen) atoms.